The van der Waals surface area contributed by atoms with Gasteiger partial charge in [-0.1, -0.05) is 103 Å². The molecule has 5 N–H and O–H groups in total. The van der Waals surface area contributed by atoms with Crippen LogP contribution < -0.4 is 11.1 Å². The van der Waals surface area contributed by atoms with Crippen LogP contribution in [0.1, 0.15) is 134 Å². The van der Waals surface area contributed by atoms with Gasteiger partial charge in [0.15, 0.2) is 28.9 Å². The van der Waals surface area contributed by atoms with Crippen molar-refractivity contribution in [2.45, 2.75) is 153 Å². The first-order valence-corrected chi connectivity index (χ1v) is 22.5. The Labute approximate surface area is 342 Å². The molecule has 1 fully saturated rings. The third kappa shape index (κ3) is 15.1. The molecule has 15 nitrogen and oxygen atoms in total. The number of alkyl halides is 1. The second kappa shape index (κ2) is 24.7. The highest BCUT2D eigenvalue weighted by Crippen LogP contribution is 2.47. The highest BCUT2D eigenvalue weighted by molar-refractivity contribution is 7.47. The van der Waals surface area contributed by atoms with E-state index in [4.69, 9.17) is 34.3 Å². The number of nitrogens with one attached hydrogen (secondary N) is 1. The van der Waals surface area contributed by atoms with Crippen molar-refractivity contribution >= 4 is 30.8 Å². The van der Waals surface area contributed by atoms with Gasteiger partial charge in [0, 0.05) is 20.3 Å². The molecule has 2 aromatic heterocycles. The Morgan fingerprint density at radius 2 is 1.62 bits per heavy atom. The number of phosphoric ester groups is 1. The molecule has 1 aliphatic rings. The van der Waals surface area contributed by atoms with Crippen molar-refractivity contribution < 1.29 is 42.2 Å². The lowest BCUT2D eigenvalue weighted by molar-refractivity contribution is -0.0585. The lowest BCUT2D eigenvalue weighted by Crippen LogP contribution is -2.40. The summed E-state index contributed by atoms with van der Waals surface area (Å²) in [6.45, 7) is 4.45. The molecule has 0 radical (unpaired) electrons. The fraction of sp³-hybridized carbons (Fsp3) is 0.707. The lowest BCUT2D eigenvalue weighted by atomic mass is 9.98. The summed E-state index contributed by atoms with van der Waals surface area (Å²) < 4.78 is 58.7. The first kappa shape index (κ1) is 47.4. The molecular weight excluding hydrogens is 768 g/mol. The standard InChI is InChI=1S/C41H65FN7O8P/c1-4-5-6-7-11-14-17-24-53-25-18-15-12-9-8-10-13-16-19-33(54-27-32-22-20-31(26-43)21-23-32)28-55-58(51,52)56-29-34-36(50)41(2,42)39(57-34)49-30-46-35-37(45-3)47-40(44)48-38(35)49/h20-23,30,33-34,36,39,50H,4-19,24-25,27-29H2,1-3H3,(H,51,52)(H3,44,45,47,48)/t33-,34-,36?,39-,41-/m1/s1. The maximum absolute atomic E-state index is 16.0. The van der Waals surface area contributed by atoms with Crippen LogP contribution in [0.2, 0.25) is 0 Å². The van der Waals surface area contributed by atoms with Crippen molar-refractivity contribution in [3.05, 3.63) is 41.7 Å². The van der Waals surface area contributed by atoms with E-state index in [1.165, 1.54) is 68.7 Å². The van der Waals surface area contributed by atoms with Crippen LogP contribution in [0.4, 0.5) is 16.2 Å². The van der Waals surface area contributed by atoms with Gasteiger partial charge in [-0.25, -0.2) is 13.9 Å². The Morgan fingerprint density at radius 1 is 1.00 bits per heavy atom. The number of aliphatic hydroxyl groups excluding tert-OH is 1. The number of hydrogen-bond acceptors (Lipinski definition) is 13. The molecular formula is C41H65FN7O8P. The van der Waals surface area contributed by atoms with Crippen LogP contribution in [0.3, 0.4) is 0 Å². The first-order chi connectivity index (χ1) is 28.0. The fourth-order valence-electron chi connectivity index (χ4n) is 7.02. The number of fused-ring (bicyclic) bond motifs is 1. The van der Waals surface area contributed by atoms with E-state index in [-0.39, 0.29) is 24.8 Å². The summed E-state index contributed by atoms with van der Waals surface area (Å²) >= 11 is 0. The molecule has 6 atom stereocenters. The molecule has 17 heteroatoms. The Hall–Kier alpha value is -3.26. The molecule has 1 aromatic carbocycles. The molecule has 2 unspecified atom stereocenters. The number of ether oxygens (including phenoxy) is 3. The number of halogens is 1. The Balaban J connectivity index is 1.18. The normalized spacial score (nSPS) is 20.9. The maximum atomic E-state index is 16.0. The van der Waals surface area contributed by atoms with Gasteiger partial charge in [0.05, 0.1) is 43.9 Å². The monoisotopic (exact) mass is 833 g/mol. The number of benzene rings is 1. The summed E-state index contributed by atoms with van der Waals surface area (Å²) in [5.74, 6) is 0.251. The van der Waals surface area contributed by atoms with E-state index in [1.807, 2.05) is 0 Å². The number of imidazole rings is 1. The number of unbranched alkanes of at least 4 members (excludes halogenated alkanes) is 13. The number of rotatable bonds is 30. The number of nitrogens with zero attached hydrogens (tertiary/aromatic N) is 5. The van der Waals surface area contributed by atoms with Gasteiger partial charge in [0.25, 0.3) is 0 Å². The molecule has 0 bridgehead atoms. The Morgan fingerprint density at radius 3 is 2.24 bits per heavy atom. The average molecular weight is 834 g/mol. The minimum atomic E-state index is -4.69. The van der Waals surface area contributed by atoms with Gasteiger partial charge in [-0.05, 0) is 43.9 Å². The number of hydrogen-bond donors (Lipinski definition) is 4. The quantitative estimate of drug-likeness (QED) is 0.0368. The number of anilines is 2. The van der Waals surface area contributed by atoms with E-state index in [9.17, 15) is 14.6 Å². The molecule has 1 aliphatic heterocycles. The molecule has 324 valence electrons. The Kier molecular flexibility index (Phi) is 20.2. The van der Waals surface area contributed by atoms with E-state index in [0.717, 1.165) is 64.2 Å². The van der Waals surface area contributed by atoms with Gasteiger partial charge in [-0.15, -0.1) is 0 Å². The van der Waals surface area contributed by atoms with E-state index in [1.54, 1.807) is 31.3 Å². The number of nitriles is 1. The van der Waals surface area contributed by atoms with Crippen LogP contribution in [-0.2, 0) is 34.4 Å². The number of phosphoric acid groups is 1. The van der Waals surface area contributed by atoms with Crippen molar-refractivity contribution in [2.75, 3.05) is 44.5 Å². The third-order valence-corrected chi connectivity index (χ3v) is 11.4. The molecule has 58 heavy (non-hydrogen) atoms. The lowest BCUT2D eigenvalue weighted by Gasteiger charge is -2.24. The largest absolute Gasteiger partial charge is 0.472 e. The smallest absolute Gasteiger partial charge is 0.387 e. The summed E-state index contributed by atoms with van der Waals surface area (Å²) in [6.07, 6.45) is 14.6. The second-order valence-electron chi connectivity index (χ2n) is 15.3. The van der Waals surface area contributed by atoms with Crippen molar-refractivity contribution in [2.24, 2.45) is 0 Å². The van der Waals surface area contributed by atoms with Crippen LogP contribution in [0.25, 0.3) is 11.2 Å². The molecule has 0 aliphatic carbocycles. The van der Waals surface area contributed by atoms with E-state index < -0.39 is 44.6 Å². The van der Waals surface area contributed by atoms with Crippen LogP contribution >= 0.6 is 7.82 Å². The predicted molar refractivity (Wildman–Crippen MR) is 221 cm³/mol. The highest BCUT2D eigenvalue weighted by Gasteiger charge is 2.56. The van der Waals surface area contributed by atoms with Crippen molar-refractivity contribution in [3.63, 3.8) is 0 Å². The fourth-order valence-corrected chi connectivity index (χ4v) is 7.78. The summed E-state index contributed by atoms with van der Waals surface area (Å²) in [5, 5.41) is 22.9. The molecule has 0 amide bonds. The van der Waals surface area contributed by atoms with Crippen LogP contribution in [0, 0.1) is 11.3 Å². The van der Waals surface area contributed by atoms with Gasteiger partial charge < -0.3 is 35.3 Å². The van der Waals surface area contributed by atoms with Gasteiger partial charge in [-0.3, -0.25) is 13.6 Å². The van der Waals surface area contributed by atoms with Crippen LogP contribution in [0.15, 0.2) is 30.6 Å². The minimum absolute atomic E-state index is 0.0772. The summed E-state index contributed by atoms with van der Waals surface area (Å²) in [4.78, 5) is 23.1. The first-order valence-electron chi connectivity index (χ1n) is 21.0. The number of aromatic nitrogens is 4. The van der Waals surface area contributed by atoms with Crippen LogP contribution in [0.5, 0.6) is 0 Å². The summed E-state index contributed by atoms with van der Waals surface area (Å²) in [5.41, 5.74) is 5.34. The SMILES string of the molecule is CCCCCCCCCOCCCCCCCCCC[C@H](COP(=O)(O)OC[C@H]1O[C@@H](n2cnc3c(NC)nc(N)nc32)[C@](C)(F)C1O)OCc1ccc(C#N)cc1. The van der Waals surface area contributed by atoms with Crippen LogP contribution in [-0.4, -0.2) is 87.0 Å². The average Bonchev–Trinajstić information content (AvgIpc) is 3.73. The minimum Gasteiger partial charge on any atom is -0.387 e. The molecule has 1 saturated heterocycles. The number of nitrogen functional groups attached to an aromatic ring is 1. The summed E-state index contributed by atoms with van der Waals surface area (Å²) in [6, 6.07) is 9.09. The zero-order chi connectivity index (χ0) is 41.8. The molecule has 3 aromatic rings. The third-order valence-electron chi connectivity index (χ3n) is 10.5. The molecule has 0 spiro atoms. The van der Waals surface area contributed by atoms with Crippen molar-refractivity contribution in [1.82, 2.24) is 19.5 Å². The predicted octanol–water partition coefficient (Wildman–Crippen LogP) is 8.31. The van der Waals surface area contributed by atoms with Crippen molar-refractivity contribution in [3.8, 4) is 6.07 Å². The van der Waals surface area contributed by atoms with E-state index in [2.05, 4.69) is 33.3 Å². The molecule has 3 heterocycles. The Bertz CT molecular complexity index is 1730. The van der Waals surface area contributed by atoms with E-state index in [0.29, 0.717) is 23.3 Å². The summed E-state index contributed by atoms with van der Waals surface area (Å²) in [7, 11) is -3.07. The highest BCUT2D eigenvalue weighted by atomic mass is 31.2. The van der Waals surface area contributed by atoms with Gasteiger partial charge >= 0.3 is 7.82 Å². The van der Waals surface area contributed by atoms with Gasteiger partial charge in [0.2, 0.25) is 5.95 Å². The number of aliphatic hydroxyl groups is 1. The van der Waals surface area contributed by atoms with Crippen molar-refractivity contribution in [1.29, 1.82) is 5.26 Å². The zero-order valence-electron chi connectivity index (χ0n) is 34.5. The zero-order valence-corrected chi connectivity index (χ0v) is 35.4. The van der Waals surface area contributed by atoms with Gasteiger partial charge in [0.1, 0.15) is 12.2 Å². The van der Waals surface area contributed by atoms with Gasteiger partial charge in [-0.2, -0.15) is 15.2 Å². The molecule has 4 rings (SSSR count). The second-order valence-corrected chi connectivity index (χ2v) is 16.7. The topological polar surface area (TPSA) is 209 Å². The molecule has 0 saturated carbocycles. The van der Waals surface area contributed by atoms with E-state index >= 15 is 4.39 Å². The number of nitrogens with two attached hydrogens (primary N) is 1. The maximum Gasteiger partial charge on any atom is 0.472 e.